The van der Waals surface area contributed by atoms with E-state index in [1.807, 2.05) is 47.7 Å². The lowest BCUT2D eigenvalue weighted by molar-refractivity contribution is 0.228. The van der Waals surface area contributed by atoms with Crippen molar-refractivity contribution in [1.29, 1.82) is 5.26 Å². The van der Waals surface area contributed by atoms with Gasteiger partial charge in [-0.1, -0.05) is 18.2 Å². The molecule has 3 rings (SSSR count). The Labute approximate surface area is 140 Å². The number of rotatable bonds is 6. The number of aryl methyl sites for hydroxylation is 1. The van der Waals surface area contributed by atoms with E-state index in [1.54, 1.807) is 6.26 Å². The third kappa shape index (κ3) is 4.10. The molecule has 0 fully saturated rings. The lowest BCUT2D eigenvalue weighted by atomic mass is 10.1. The van der Waals surface area contributed by atoms with E-state index in [9.17, 15) is 5.26 Å². The van der Waals surface area contributed by atoms with Crippen molar-refractivity contribution < 1.29 is 4.42 Å². The first kappa shape index (κ1) is 15.5. The Morgan fingerprint density at radius 2 is 1.91 bits per heavy atom. The van der Waals surface area contributed by atoms with Crippen LogP contribution in [0.1, 0.15) is 26.6 Å². The molecule has 0 radical (unpaired) electrons. The molecule has 3 nitrogen and oxygen atoms in total. The summed E-state index contributed by atoms with van der Waals surface area (Å²) in [6.45, 7) is 4.42. The fraction of sp³-hybridized carbons (Fsp3) is 0.211. The van der Waals surface area contributed by atoms with E-state index in [-0.39, 0.29) is 0 Å². The predicted octanol–water partition coefficient (Wildman–Crippen LogP) is 4.72. The zero-order chi connectivity index (χ0) is 16.1. The molecule has 116 valence electrons. The highest BCUT2D eigenvalue weighted by molar-refractivity contribution is 7.11. The summed E-state index contributed by atoms with van der Waals surface area (Å²) in [6.07, 6.45) is 1.70. The fourth-order valence-electron chi connectivity index (χ4n) is 2.59. The molecule has 1 aromatic carbocycles. The minimum atomic E-state index is 0.724. The summed E-state index contributed by atoms with van der Waals surface area (Å²) in [5.41, 5.74) is 1.79. The summed E-state index contributed by atoms with van der Waals surface area (Å²) in [6, 6.07) is 18.3. The second-order valence-electron chi connectivity index (χ2n) is 5.51. The molecule has 0 aliphatic carbocycles. The fourth-order valence-corrected chi connectivity index (χ4v) is 3.52. The number of furan rings is 1. The molecular weight excluding hydrogens is 304 g/mol. The Morgan fingerprint density at radius 3 is 2.61 bits per heavy atom. The van der Waals surface area contributed by atoms with Gasteiger partial charge in [0.25, 0.3) is 0 Å². The minimum absolute atomic E-state index is 0.724. The van der Waals surface area contributed by atoms with Crippen molar-refractivity contribution >= 4 is 11.3 Å². The predicted molar refractivity (Wildman–Crippen MR) is 91.9 cm³/mol. The lowest BCUT2D eigenvalue weighted by Crippen LogP contribution is -2.22. The van der Waals surface area contributed by atoms with Crippen LogP contribution >= 0.6 is 11.3 Å². The molecule has 0 aliphatic heterocycles. The highest BCUT2D eigenvalue weighted by Crippen LogP contribution is 2.21. The molecule has 3 aromatic rings. The molecule has 4 heteroatoms. The van der Waals surface area contributed by atoms with Crippen molar-refractivity contribution in [2.24, 2.45) is 0 Å². The van der Waals surface area contributed by atoms with Gasteiger partial charge in [-0.25, -0.2) is 0 Å². The monoisotopic (exact) mass is 322 g/mol. The Morgan fingerprint density at radius 1 is 1.04 bits per heavy atom. The Hall–Kier alpha value is -2.35. The van der Waals surface area contributed by atoms with Crippen molar-refractivity contribution in [2.75, 3.05) is 0 Å². The summed E-state index contributed by atoms with van der Waals surface area (Å²) in [5.74, 6) is 0.938. The van der Waals surface area contributed by atoms with Gasteiger partial charge in [-0.05, 0) is 42.8 Å². The van der Waals surface area contributed by atoms with Crippen LogP contribution < -0.4 is 0 Å². The van der Waals surface area contributed by atoms with Gasteiger partial charge in [-0.2, -0.15) is 5.26 Å². The smallest absolute Gasteiger partial charge is 0.117 e. The van der Waals surface area contributed by atoms with E-state index in [0.29, 0.717) is 0 Å². The Kier molecular flexibility index (Phi) is 4.92. The largest absolute Gasteiger partial charge is 0.468 e. The summed E-state index contributed by atoms with van der Waals surface area (Å²) < 4.78 is 5.50. The molecule has 0 saturated heterocycles. The molecule has 0 amide bonds. The first-order valence-electron chi connectivity index (χ1n) is 7.52. The normalized spacial score (nSPS) is 10.8. The molecule has 23 heavy (non-hydrogen) atoms. The number of hydrogen-bond donors (Lipinski definition) is 0. The Bertz CT molecular complexity index is 799. The first-order chi connectivity index (χ1) is 11.2. The third-order valence-electron chi connectivity index (χ3n) is 3.67. The second kappa shape index (κ2) is 7.28. The van der Waals surface area contributed by atoms with Crippen LogP contribution in [0.5, 0.6) is 0 Å². The van der Waals surface area contributed by atoms with E-state index in [0.717, 1.165) is 36.5 Å². The van der Waals surface area contributed by atoms with Crippen LogP contribution in [-0.2, 0) is 19.6 Å². The number of benzene rings is 1. The topological polar surface area (TPSA) is 40.2 Å². The summed E-state index contributed by atoms with van der Waals surface area (Å²) >= 11 is 1.81. The van der Waals surface area contributed by atoms with Crippen LogP contribution in [0.3, 0.4) is 0 Å². The molecule has 2 aromatic heterocycles. The van der Waals surface area contributed by atoms with E-state index < -0.39 is 0 Å². The van der Waals surface area contributed by atoms with Gasteiger partial charge < -0.3 is 4.42 Å². The second-order valence-corrected chi connectivity index (χ2v) is 6.88. The first-order valence-corrected chi connectivity index (χ1v) is 8.34. The molecule has 0 N–H and O–H groups in total. The Balaban J connectivity index is 1.80. The van der Waals surface area contributed by atoms with Crippen molar-refractivity contribution in [3.63, 3.8) is 0 Å². The van der Waals surface area contributed by atoms with Crippen LogP contribution in [0.25, 0.3) is 0 Å². The molecule has 0 unspecified atom stereocenters. The minimum Gasteiger partial charge on any atom is -0.468 e. The van der Waals surface area contributed by atoms with Gasteiger partial charge in [0.1, 0.15) is 5.76 Å². The van der Waals surface area contributed by atoms with Gasteiger partial charge in [0, 0.05) is 22.8 Å². The molecule has 0 bridgehead atoms. The maximum atomic E-state index is 9.30. The molecule has 0 aliphatic rings. The van der Waals surface area contributed by atoms with Crippen LogP contribution in [0.2, 0.25) is 0 Å². The summed E-state index contributed by atoms with van der Waals surface area (Å²) in [4.78, 5) is 4.94. The highest BCUT2D eigenvalue weighted by atomic mass is 32.1. The maximum absolute atomic E-state index is 9.30. The van der Waals surface area contributed by atoms with Crippen LogP contribution in [0.4, 0.5) is 0 Å². The van der Waals surface area contributed by atoms with Gasteiger partial charge in [0.15, 0.2) is 0 Å². The number of thiophene rings is 1. The van der Waals surface area contributed by atoms with Gasteiger partial charge in [0.05, 0.1) is 24.4 Å². The molecule has 2 heterocycles. The quantitative estimate of drug-likeness (QED) is 0.659. The van der Waals surface area contributed by atoms with Crippen LogP contribution in [0.15, 0.2) is 59.2 Å². The molecule has 0 spiro atoms. The van der Waals surface area contributed by atoms with Crippen molar-refractivity contribution in [3.8, 4) is 6.07 Å². The lowest BCUT2D eigenvalue weighted by Gasteiger charge is -2.21. The van der Waals surface area contributed by atoms with E-state index >= 15 is 0 Å². The molecule has 0 saturated carbocycles. The summed E-state index contributed by atoms with van der Waals surface area (Å²) in [5, 5.41) is 9.30. The molecular formula is C19H18N2OS. The van der Waals surface area contributed by atoms with E-state index in [2.05, 4.69) is 30.0 Å². The van der Waals surface area contributed by atoms with Gasteiger partial charge >= 0.3 is 0 Å². The average molecular weight is 322 g/mol. The summed E-state index contributed by atoms with van der Waals surface area (Å²) in [7, 11) is 0. The van der Waals surface area contributed by atoms with Crippen LogP contribution in [-0.4, -0.2) is 4.90 Å². The van der Waals surface area contributed by atoms with Gasteiger partial charge in [-0.15, -0.1) is 11.3 Å². The number of nitriles is 1. The zero-order valence-electron chi connectivity index (χ0n) is 13.0. The van der Waals surface area contributed by atoms with Crippen molar-refractivity contribution in [1.82, 2.24) is 4.90 Å². The number of hydrogen-bond acceptors (Lipinski definition) is 4. The maximum Gasteiger partial charge on any atom is 0.117 e. The standard InChI is InChI=1S/C19H18N2OS/c1-15-8-9-19(23-15)14-21(13-18-7-4-10-22-18)12-17-6-3-2-5-16(17)11-20/h2-10H,12-14H2,1H3. The van der Waals surface area contributed by atoms with Gasteiger partial charge in [-0.3, -0.25) is 4.90 Å². The van der Waals surface area contributed by atoms with E-state index in [4.69, 9.17) is 4.42 Å². The van der Waals surface area contributed by atoms with Crippen LogP contribution in [0, 0.1) is 18.3 Å². The van der Waals surface area contributed by atoms with Gasteiger partial charge in [0.2, 0.25) is 0 Å². The number of nitrogens with zero attached hydrogens (tertiary/aromatic N) is 2. The average Bonchev–Trinajstić information content (AvgIpc) is 3.20. The highest BCUT2D eigenvalue weighted by Gasteiger charge is 2.13. The van der Waals surface area contributed by atoms with Crippen molar-refractivity contribution in [2.45, 2.75) is 26.6 Å². The van der Waals surface area contributed by atoms with Crippen molar-refractivity contribution in [3.05, 3.63) is 81.4 Å². The molecule has 0 atom stereocenters. The van der Waals surface area contributed by atoms with E-state index in [1.165, 1.54) is 9.75 Å². The zero-order valence-corrected chi connectivity index (χ0v) is 13.8. The third-order valence-corrected chi connectivity index (χ3v) is 4.65. The SMILES string of the molecule is Cc1ccc(CN(Cc2ccco2)Cc2ccccc2C#N)s1.